The van der Waals surface area contributed by atoms with E-state index in [1.54, 1.807) is 31.2 Å². The molecule has 2 amide bonds. The Hall–Kier alpha value is -2.70. The predicted molar refractivity (Wildman–Crippen MR) is 70.2 cm³/mol. The van der Waals surface area contributed by atoms with Crippen molar-refractivity contribution in [2.75, 3.05) is 10.6 Å². The van der Waals surface area contributed by atoms with E-state index in [0.717, 1.165) is 0 Å². The van der Waals surface area contributed by atoms with E-state index in [4.69, 9.17) is 0 Å². The molecule has 7 heteroatoms. The first-order valence-electron chi connectivity index (χ1n) is 5.62. The summed E-state index contributed by atoms with van der Waals surface area (Å²) >= 11 is 0. The number of benzene rings is 1. The summed E-state index contributed by atoms with van der Waals surface area (Å²) in [6.45, 7) is 3.20. The van der Waals surface area contributed by atoms with Crippen LogP contribution in [-0.4, -0.2) is 27.0 Å². The van der Waals surface area contributed by atoms with Gasteiger partial charge in [0, 0.05) is 11.3 Å². The summed E-state index contributed by atoms with van der Waals surface area (Å²) in [5, 5.41) is 11.5. The van der Waals surface area contributed by atoms with E-state index in [1.807, 2.05) is 0 Å². The third-order valence-corrected chi connectivity index (χ3v) is 2.35. The van der Waals surface area contributed by atoms with Crippen molar-refractivity contribution in [2.24, 2.45) is 0 Å². The number of urea groups is 1. The predicted octanol–water partition coefficient (Wildman–Crippen LogP) is 1.96. The molecule has 1 aromatic heterocycles. The first-order chi connectivity index (χ1) is 9.04. The van der Waals surface area contributed by atoms with Gasteiger partial charge >= 0.3 is 6.03 Å². The van der Waals surface area contributed by atoms with Crippen LogP contribution in [0.5, 0.6) is 0 Å². The number of hydrogen-bond donors (Lipinski definition) is 3. The summed E-state index contributed by atoms with van der Waals surface area (Å²) in [4.78, 5) is 26.8. The van der Waals surface area contributed by atoms with Gasteiger partial charge < -0.3 is 5.32 Å². The number of nitrogens with one attached hydrogen (secondary N) is 3. The number of carbonyl (C=O) groups is 2. The average molecular weight is 259 g/mol. The Kier molecular flexibility index (Phi) is 3.56. The second-order valence-electron chi connectivity index (χ2n) is 3.96. The van der Waals surface area contributed by atoms with Crippen LogP contribution in [0.15, 0.2) is 24.3 Å². The second kappa shape index (κ2) is 5.30. The number of rotatable bonds is 3. The minimum absolute atomic E-state index is 0.0614. The van der Waals surface area contributed by atoms with Gasteiger partial charge in [0.15, 0.2) is 5.78 Å². The average Bonchev–Trinajstić information content (AvgIpc) is 2.74. The molecule has 0 aliphatic heterocycles. The fourth-order valence-electron chi connectivity index (χ4n) is 1.48. The summed E-state index contributed by atoms with van der Waals surface area (Å²) in [6.07, 6.45) is 0. The van der Waals surface area contributed by atoms with Crippen LogP contribution < -0.4 is 10.6 Å². The van der Waals surface area contributed by atoms with Crippen molar-refractivity contribution < 1.29 is 9.59 Å². The monoisotopic (exact) mass is 259 g/mol. The molecule has 0 aliphatic carbocycles. The molecule has 1 aromatic carbocycles. The number of aromatic amines is 1. The van der Waals surface area contributed by atoms with Crippen molar-refractivity contribution in [2.45, 2.75) is 13.8 Å². The van der Waals surface area contributed by atoms with E-state index in [2.05, 4.69) is 25.8 Å². The molecule has 0 aliphatic rings. The lowest BCUT2D eigenvalue weighted by atomic mass is 10.1. The second-order valence-corrected chi connectivity index (χ2v) is 3.96. The fourth-order valence-corrected chi connectivity index (χ4v) is 1.48. The Morgan fingerprint density at radius 2 is 2.05 bits per heavy atom. The normalized spacial score (nSPS) is 10.0. The van der Waals surface area contributed by atoms with Gasteiger partial charge in [-0.25, -0.2) is 4.79 Å². The number of aryl methyl sites for hydroxylation is 1. The minimum atomic E-state index is -0.472. The third kappa shape index (κ3) is 3.38. The maximum atomic E-state index is 11.7. The zero-order valence-corrected chi connectivity index (χ0v) is 10.5. The number of hydrogen-bond acceptors (Lipinski definition) is 4. The van der Waals surface area contributed by atoms with E-state index in [0.29, 0.717) is 17.1 Å². The Bertz CT molecular complexity index is 620. The van der Waals surface area contributed by atoms with Gasteiger partial charge in [-0.2, -0.15) is 4.98 Å². The molecule has 0 bridgehead atoms. The lowest BCUT2D eigenvalue weighted by Crippen LogP contribution is -2.20. The Labute approximate surface area is 109 Å². The molecular formula is C12H13N5O2. The highest BCUT2D eigenvalue weighted by molar-refractivity contribution is 6.00. The van der Waals surface area contributed by atoms with Gasteiger partial charge in [0.1, 0.15) is 5.82 Å². The third-order valence-electron chi connectivity index (χ3n) is 2.35. The highest BCUT2D eigenvalue weighted by Gasteiger charge is 2.07. The molecule has 98 valence electrons. The number of carbonyl (C=O) groups excluding carboxylic acids is 2. The van der Waals surface area contributed by atoms with Gasteiger partial charge in [0.25, 0.3) is 0 Å². The topological polar surface area (TPSA) is 99.8 Å². The molecule has 3 N–H and O–H groups in total. The van der Waals surface area contributed by atoms with Crippen molar-refractivity contribution in [3.8, 4) is 0 Å². The standard InChI is InChI=1S/C12H13N5O2/c1-7(18)9-4-3-5-10(6-9)14-12(19)15-11-13-8(2)16-17-11/h3-6H,1-2H3,(H3,13,14,15,16,17,19). The van der Waals surface area contributed by atoms with Crippen molar-refractivity contribution in [1.29, 1.82) is 0 Å². The molecule has 19 heavy (non-hydrogen) atoms. The Balaban J connectivity index is 2.02. The Morgan fingerprint density at radius 1 is 1.26 bits per heavy atom. The maximum absolute atomic E-state index is 11.7. The molecule has 0 saturated heterocycles. The number of aromatic nitrogens is 3. The first-order valence-corrected chi connectivity index (χ1v) is 5.62. The van der Waals surface area contributed by atoms with Gasteiger partial charge in [-0.1, -0.05) is 12.1 Å². The highest BCUT2D eigenvalue weighted by atomic mass is 16.2. The maximum Gasteiger partial charge on any atom is 0.326 e. The van der Waals surface area contributed by atoms with E-state index in [1.165, 1.54) is 6.92 Å². The molecule has 2 aromatic rings. The molecule has 0 saturated carbocycles. The Morgan fingerprint density at radius 3 is 2.68 bits per heavy atom. The van der Waals surface area contributed by atoms with Crippen molar-refractivity contribution in [3.63, 3.8) is 0 Å². The van der Waals surface area contributed by atoms with Crippen LogP contribution in [-0.2, 0) is 0 Å². The molecule has 0 radical (unpaired) electrons. The van der Waals surface area contributed by atoms with E-state index >= 15 is 0 Å². The van der Waals surface area contributed by atoms with Crippen LogP contribution in [0.2, 0.25) is 0 Å². The van der Waals surface area contributed by atoms with E-state index in [9.17, 15) is 9.59 Å². The van der Waals surface area contributed by atoms with Crippen molar-refractivity contribution in [3.05, 3.63) is 35.7 Å². The van der Waals surface area contributed by atoms with E-state index in [-0.39, 0.29) is 11.7 Å². The van der Waals surface area contributed by atoms with Crippen molar-refractivity contribution >= 4 is 23.5 Å². The number of Topliss-reactive ketones (excluding diaryl/α,β-unsaturated/α-hetero) is 1. The van der Waals surface area contributed by atoms with Crippen LogP contribution in [0.1, 0.15) is 23.1 Å². The van der Waals surface area contributed by atoms with Gasteiger partial charge in [-0.05, 0) is 26.0 Å². The number of nitrogens with zero attached hydrogens (tertiary/aromatic N) is 2. The smallest absolute Gasteiger partial charge is 0.308 e. The summed E-state index contributed by atoms with van der Waals surface area (Å²) in [6, 6.07) is 6.20. The van der Waals surface area contributed by atoms with Gasteiger partial charge in [-0.15, -0.1) is 5.10 Å². The molecule has 7 nitrogen and oxygen atoms in total. The van der Waals surface area contributed by atoms with Crippen LogP contribution in [0, 0.1) is 6.92 Å². The summed E-state index contributed by atoms with van der Waals surface area (Å²) < 4.78 is 0. The van der Waals surface area contributed by atoms with Gasteiger partial charge in [0.2, 0.25) is 5.95 Å². The number of H-pyrrole nitrogens is 1. The summed E-state index contributed by atoms with van der Waals surface area (Å²) in [5.74, 6) is 0.736. The SMILES string of the molecule is CC(=O)c1cccc(NC(=O)Nc2n[nH]c(C)n2)c1. The lowest BCUT2D eigenvalue weighted by Gasteiger charge is -2.05. The zero-order chi connectivity index (χ0) is 13.8. The zero-order valence-electron chi connectivity index (χ0n) is 10.5. The van der Waals surface area contributed by atoms with Crippen LogP contribution in [0.25, 0.3) is 0 Å². The summed E-state index contributed by atoms with van der Waals surface area (Å²) in [5.41, 5.74) is 1.06. The largest absolute Gasteiger partial charge is 0.326 e. The first kappa shape index (κ1) is 12.7. The van der Waals surface area contributed by atoms with Gasteiger partial charge in [0.05, 0.1) is 0 Å². The molecule has 0 spiro atoms. The quantitative estimate of drug-likeness (QED) is 0.733. The molecule has 2 rings (SSSR count). The molecule has 0 unspecified atom stereocenters. The lowest BCUT2D eigenvalue weighted by molar-refractivity contribution is 0.101. The molecule has 0 atom stereocenters. The number of anilines is 2. The molecule has 0 fully saturated rings. The van der Waals surface area contributed by atoms with E-state index < -0.39 is 6.03 Å². The minimum Gasteiger partial charge on any atom is -0.308 e. The van der Waals surface area contributed by atoms with Crippen LogP contribution >= 0.6 is 0 Å². The number of ketones is 1. The number of amides is 2. The molecule has 1 heterocycles. The van der Waals surface area contributed by atoms with Crippen LogP contribution in [0.3, 0.4) is 0 Å². The molecular weight excluding hydrogens is 246 g/mol. The van der Waals surface area contributed by atoms with Gasteiger partial charge in [-0.3, -0.25) is 15.2 Å². The van der Waals surface area contributed by atoms with Crippen molar-refractivity contribution in [1.82, 2.24) is 15.2 Å². The summed E-state index contributed by atoms with van der Waals surface area (Å²) in [7, 11) is 0. The fraction of sp³-hybridized carbons (Fsp3) is 0.167. The highest BCUT2D eigenvalue weighted by Crippen LogP contribution is 2.11. The van der Waals surface area contributed by atoms with Crippen LogP contribution in [0.4, 0.5) is 16.4 Å².